The van der Waals surface area contributed by atoms with E-state index in [2.05, 4.69) is 15.0 Å². The van der Waals surface area contributed by atoms with Crippen LogP contribution in [0.15, 0.2) is 10.2 Å². The number of ether oxygens (including phenoxy) is 1. The molecule has 0 aromatic carbocycles. The van der Waals surface area contributed by atoms with E-state index in [0.29, 0.717) is 12.8 Å². The Morgan fingerprint density at radius 2 is 2.00 bits per heavy atom. The van der Waals surface area contributed by atoms with Crippen LogP contribution < -0.4 is 0 Å². The predicted molar refractivity (Wildman–Crippen MR) is 69.4 cm³/mol. The molecule has 0 radical (unpaired) electrons. The third-order valence-corrected chi connectivity index (χ3v) is 2.65. The van der Waals surface area contributed by atoms with Gasteiger partial charge in [0.2, 0.25) is 0 Å². The number of thiocyanates is 1. The van der Waals surface area contributed by atoms with Crippen LogP contribution in [0.4, 0.5) is 4.79 Å². The van der Waals surface area contributed by atoms with Gasteiger partial charge in [-0.1, -0.05) is 0 Å². The molecule has 0 saturated heterocycles. The van der Waals surface area contributed by atoms with E-state index < -0.39 is 11.0 Å². The Hall–Kier alpha value is -1.29. The summed E-state index contributed by atoms with van der Waals surface area (Å²) in [6.07, 6.45) is -0.264. The lowest BCUT2D eigenvalue weighted by molar-refractivity contribution is 0.0894. The van der Waals surface area contributed by atoms with Crippen molar-refractivity contribution in [2.75, 3.05) is 6.61 Å². The first kappa shape index (κ1) is 16.7. The lowest BCUT2D eigenvalue weighted by atomic mass is 10.1. The molecule has 1 N–H and O–H groups in total. The molecule has 0 aromatic heterocycles. The van der Waals surface area contributed by atoms with Crippen molar-refractivity contribution in [1.29, 1.82) is 5.26 Å². The fraction of sp³-hybridized carbons (Fsp3) is 0.818. The van der Waals surface area contributed by atoms with E-state index in [1.54, 1.807) is 6.92 Å². The Kier molecular flexibility index (Phi) is 6.70. The molecule has 0 spiro atoms. The largest absolute Gasteiger partial charge is 0.505 e. The summed E-state index contributed by atoms with van der Waals surface area (Å²) < 4.78 is 4.41. The van der Waals surface area contributed by atoms with E-state index in [1.165, 1.54) is 0 Å². The van der Waals surface area contributed by atoms with Crippen molar-refractivity contribution in [2.24, 2.45) is 10.2 Å². The van der Waals surface area contributed by atoms with E-state index in [-0.39, 0.29) is 12.1 Å². The molecule has 0 aliphatic heterocycles. The quantitative estimate of drug-likeness (QED) is 0.345. The van der Waals surface area contributed by atoms with Gasteiger partial charge >= 0.3 is 6.16 Å². The molecule has 0 fully saturated rings. The van der Waals surface area contributed by atoms with E-state index in [0.717, 1.165) is 11.8 Å². The third-order valence-electron chi connectivity index (χ3n) is 1.84. The van der Waals surface area contributed by atoms with Gasteiger partial charge in [-0.05, 0) is 52.3 Å². The number of nitriles is 1. The van der Waals surface area contributed by atoms with Crippen molar-refractivity contribution in [3.63, 3.8) is 0 Å². The number of azo groups is 1. The molecule has 6 nitrogen and oxygen atoms in total. The van der Waals surface area contributed by atoms with Crippen molar-refractivity contribution < 1.29 is 14.6 Å². The average molecular weight is 273 g/mol. The molecule has 7 heteroatoms. The number of rotatable bonds is 6. The highest BCUT2D eigenvalue weighted by Crippen LogP contribution is 2.32. The van der Waals surface area contributed by atoms with Crippen LogP contribution in [0.2, 0.25) is 0 Å². The maximum absolute atomic E-state index is 10.2. The second kappa shape index (κ2) is 7.21. The lowest BCUT2D eigenvalue weighted by Gasteiger charge is -2.21. The van der Waals surface area contributed by atoms with Crippen LogP contribution in [0.3, 0.4) is 0 Å². The average Bonchev–Trinajstić information content (AvgIpc) is 2.21. The first-order valence-corrected chi connectivity index (χ1v) is 6.37. The van der Waals surface area contributed by atoms with Crippen LogP contribution in [0.1, 0.15) is 40.5 Å². The Labute approximate surface area is 111 Å². The minimum atomic E-state index is -1.29. The molecular weight excluding hydrogens is 254 g/mol. The monoisotopic (exact) mass is 273 g/mol. The summed E-state index contributed by atoms with van der Waals surface area (Å²) in [5.74, 6) is 0. The van der Waals surface area contributed by atoms with E-state index in [9.17, 15) is 4.79 Å². The molecule has 0 rings (SSSR count). The summed E-state index contributed by atoms with van der Waals surface area (Å²) in [5, 5.41) is 27.4. The minimum Gasteiger partial charge on any atom is -0.450 e. The summed E-state index contributed by atoms with van der Waals surface area (Å²) in [6.45, 7) is 7.66. The maximum atomic E-state index is 10.2. The molecular formula is C11H19N3O3S. The van der Waals surface area contributed by atoms with Gasteiger partial charge in [-0.15, -0.1) is 0 Å². The Balaban J connectivity index is 4.40. The summed E-state index contributed by atoms with van der Waals surface area (Å²) in [6, 6.07) is 0. The molecule has 102 valence electrons. The highest BCUT2D eigenvalue weighted by Gasteiger charge is 2.25. The second-order valence-electron chi connectivity index (χ2n) is 4.96. The van der Waals surface area contributed by atoms with Crippen molar-refractivity contribution in [1.82, 2.24) is 0 Å². The zero-order chi connectivity index (χ0) is 14.2. The topological polar surface area (TPSA) is 95.0 Å². The highest BCUT2D eigenvalue weighted by molar-refractivity contribution is 8.04. The Bertz CT molecular complexity index is 346. The van der Waals surface area contributed by atoms with Gasteiger partial charge in [0.1, 0.15) is 10.3 Å². The third kappa shape index (κ3) is 8.82. The zero-order valence-corrected chi connectivity index (χ0v) is 12.0. The van der Waals surface area contributed by atoms with E-state index in [1.807, 2.05) is 26.2 Å². The number of nitrogens with zero attached hydrogens (tertiary/aromatic N) is 3. The fourth-order valence-electron chi connectivity index (χ4n) is 1.04. The summed E-state index contributed by atoms with van der Waals surface area (Å²) in [4.78, 5) is 9.52. The Morgan fingerprint density at radius 1 is 1.39 bits per heavy atom. The van der Waals surface area contributed by atoms with Gasteiger partial charge in [0.25, 0.3) is 0 Å². The van der Waals surface area contributed by atoms with Crippen molar-refractivity contribution >= 4 is 17.9 Å². The van der Waals surface area contributed by atoms with E-state index >= 15 is 0 Å². The first-order chi connectivity index (χ1) is 8.18. The zero-order valence-electron chi connectivity index (χ0n) is 11.1. The molecule has 18 heavy (non-hydrogen) atoms. The number of hydrogen-bond donors (Lipinski definition) is 1. The number of carboxylic acid groups (broad SMARTS) is 1. The lowest BCUT2D eigenvalue weighted by Crippen LogP contribution is -2.19. The molecule has 1 atom stereocenters. The molecule has 0 aliphatic carbocycles. The molecule has 0 amide bonds. The minimum absolute atomic E-state index is 0.0992. The summed E-state index contributed by atoms with van der Waals surface area (Å²) in [7, 11) is 0. The van der Waals surface area contributed by atoms with Gasteiger partial charge in [-0.3, -0.25) is 0 Å². The standard InChI is InChI=1S/C11H19N3O3S/c1-10(2,3)13-14-11(4,18-8-12)6-5-7-17-9(15)16/h5-7H2,1-4H3,(H,15,16). The summed E-state index contributed by atoms with van der Waals surface area (Å²) >= 11 is 1.02. The molecule has 0 aliphatic rings. The van der Waals surface area contributed by atoms with Gasteiger partial charge in [-0.25, -0.2) is 4.79 Å². The van der Waals surface area contributed by atoms with Gasteiger partial charge in [0.15, 0.2) is 0 Å². The maximum Gasteiger partial charge on any atom is 0.505 e. The van der Waals surface area contributed by atoms with Crippen molar-refractivity contribution in [2.45, 2.75) is 50.9 Å². The predicted octanol–water partition coefficient (Wildman–Crippen LogP) is 3.64. The molecule has 0 aromatic rings. The summed E-state index contributed by atoms with van der Waals surface area (Å²) in [5.41, 5.74) is -0.297. The first-order valence-electron chi connectivity index (χ1n) is 5.55. The normalized spacial score (nSPS) is 15.1. The molecule has 0 bridgehead atoms. The van der Waals surface area contributed by atoms with Crippen LogP contribution in [-0.4, -0.2) is 28.3 Å². The van der Waals surface area contributed by atoms with Gasteiger partial charge in [0.05, 0.1) is 12.1 Å². The van der Waals surface area contributed by atoms with Crippen LogP contribution in [0.5, 0.6) is 0 Å². The fourth-order valence-corrected chi connectivity index (χ4v) is 1.56. The van der Waals surface area contributed by atoms with Crippen LogP contribution in [0.25, 0.3) is 0 Å². The Morgan fingerprint density at radius 3 is 2.44 bits per heavy atom. The number of carbonyl (C=O) groups is 1. The SMILES string of the molecule is CC(C)(C)N=NC(C)(CCCOC(=O)O)SC#N. The van der Waals surface area contributed by atoms with Gasteiger partial charge < -0.3 is 9.84 Å². The smallest absolute Gasteiger partial charge is 0.450 e. The van der Waals surface area contributed by atoms with Gasteiger partial charge in [0, 0.05) is 0 Å². The molecule has 0 heterocycles. The van der Waals surface area contributed by atoms with E-state index in [4.69, 9.17) is 10.4 Å². The van der Waals surface area contributed by atoms with Crippen LogP contribution in [-0.2, 0) is 4.74 Å². The number of thioether (sulfide) groups is 1. The van der Waals surface area contributed by atoms with Crippen LogP contribution in [0, 0.1) is 10.7 Å². The molecule has 0 saturated carbocycles. The second-order valence-corrected chi connectivity index (χ2v) is 6.22. The number of hydrogen-bond acceptors (Lipinski definition) is 6. The van der Waals surface area contributed by atoms with Crippen molar-refractivity contribution in [3.8, 4) is 5.40 Å². The molecule has 1 unspecified atom stereocenters. The van der Waals surface area contributed by atoms with Crippen molar-refractivity contribution in [3.05, 3.63) is 0 Å². The highest BCUT2D eigenvalue weighted by atomic mass is 32.2. The van der Waals surface area contributed by atoms with Crippen LogP contribution >= 0.6 is 11.8 Å². The van der Waals surface area contributed by atoms with Gasteiger partial charge in [-0.2, -0.15) is 15.5 Å².